The largest absolute Gasteiger partial charge is 0.294 e. The number of unbranched alkanes of at least 4 members (excludes halogenated alkanes) is 2. The summed E-state index contributed by atoms with van der Waals surface area (Å²) < 4.78 is 28.2. The molecule has 0 spiro atoms. The smallest absolute Gasteiger partial charge is 0.168 e. The van der Waals surface area contributed by atoms with Crippen LogP contribution in [0.1, 0.15) is 93.5 Å². The van der Waals surface area contributed by atoms with Crippen LogP contribution in [0.15, 0.2) is 12.1 Å². The molecule has 0 atom stereocenters. The summed E-state index contributed by atoms with van der Waals surface area (Å²) in [6.45, 7) is 3.84. The van der Waals surface area contributed by atoms with Crippen molar-refractivity contribution in [1.82, 2.24) is 0 Å². The van der Waals surface area contributed by atoms with Crippen LogP contribution in [0.25, 0.3) is 0 Å². The van der Waals surface area contributed by atoms with E-state index in [0.717, 1.165) is 37.2 Å². The van der Waals surface area contributed by atoms with Gasteiger partial charge >= 0.3 is 0 Å². The average molecular weight is 322 g/mol. The van der Waals surface area contributed by atoms with Gasteiger partial charge in [-0.3, -0.25) is 4.79 Å². The Balaban J connectivity index is 2.00. The van der Waals surface area contributed by atoms with Crippen LogP contribution in [0.5, 0.6) is 0 Å². The second-order valence-electron chi connectivity index (χ2n) is 6.85. The van der Waals surface area contributed by atoms with Gasteiger partial charge in [0.2, 0.25) is 0 Å². The van der Waals surface area contributed by atoms with Gasteiger partial charge in [0.05, 0.1) is 5.56 Å². The van der Waals surface area contributed by atoms with Crippen molar-refractivity contribution in [1.29, 1.82) is 0 Å². The van der Waals surface area contributed by atoms with Gasteiger partial charge in [-0.05, 0) is 55.2 Å². The van der Waals surface area contributed by atoms with Crippen molar-refractivity contribution < 1.29 is 13.6 Å². The van der Waals surface area contributed by atoms with Crippen molar-refractivity contribution in [3.63, 3.8) is 0 Å². The number of carbonyl (C=O) groups excluding carboxylic acids is 1. The van der Waals surface area contributed by atoms with E-state index in [1.807, 2.05) is 0 Å². The summed E-state index contributed by atoms with van der Waals surface area (Å²) in [4.78, 5) is 11.6. The van der Waals surface area contributed by atoms with E-state index in [9.17, 15) is 13.6 Å². The van der Waals surface area contributed by atoms with Gasteiger partial charge in [-0.25, -0.2) is 8.78 Å². The Morgan fingerprint density at radius 1 is 1.04 bits per heavy atom. The van der Waals surface area contributed by atoms with E-state index in [1.54, 1.807) is 6.92 Å². The summed E-state index contributed by atoms with van der Waals surface area (Å²) in [5.41, 5.74) is 0.351. The molecule has 1 aliphatic rings. The number of hydrogen-bond acceptors (Lipinski definition) is 1. The van der Waals surface area contributed by atoms with E-state index >= 15 is 0 Å². The molecule has 2 rings (SSSR count). The summed E-state index contributed by atoms with van der Waals surface area (Å²) in [7, 11) is 0. The minimum Gasteiger partial charge on any atom is -0.294 e. The molecule has 3 heteroatoms. The summed E-state index contributed by atoms with van der Waals surface area (Å²) >= 11 is 0. The topological polar surface area (TPSA) is 17.1 Å². The third-order valence-corrected chi connectivity index (χ3v) is 5.20. The van der Waals surface area contributed by atoms with Crippen molar-refractivity contribution in [3.05, 3.63) is 34.9 Å². The second-order valence-corrected chi connectivity index (χ2v) is 6.85. The van der Waals surface area contributed by atoms with Crippen LogP contribution in [-0.2, 0) is 0 Å². The Bertz CT molecular complexity index is 507. The van der Waals surface area contributed by atoms with Gasteiger partial charge in [0.15, 0.2) is 5.78 Å². The Kier molecular flexibility index (Phi) is 6.73. The van der Waals surface area contributed by atoms with E-state index < -0.39 is 17.4 Å². The fourth-order valence-corrected chi connectivity index (χ4v) is 3.74. The molecule has 1 aliphatic carbocycles. The second kappa shape index (κ2) is 8.56. The first kappa shape index (κ1) is 18.1. The molecule has 1 saturated carbocycles. The first-order valence-corrected chi connectivity index (χ1v) is 9.08. The van der Waals surface area contributed by atoms with Gasteiger partial charge in [0.25, 0.3) is 0 Å². The van der Waals surface area contributed by atoms with Gasteiger partial charge in [0.1, 0.15) is 11.6 Å². The van der Waals surface area contributed by atoms with E-state index in [1.165, 1.54) is 37.8 Å². The summed E-state index contributed by atoms with van der Waals surface area (Å²) in [5.74, 6) is -0.860. The predicted octanol–water partition coefficient (Wildman–Crippen LogP) is 6.41. The molecule has 0 unspecified atom stereocenters. The standard InChI is InChI=1S/C20H28F2O/c1-3-5-6-7-14-8-10-15(11-9-14)16-12-17(21)20(18(22)13-16)19(23)4-2/h12-15H,3-11H2,1-2H3/t14-,15-. The van der Waals surface area contributed by atoms with Gasteiger partial charge < -0.3 is 0 Å². The number of hydrogen-bond donors (Lipinski definition) is 0. The molecule has 1 fully saturated rings. The van der Waals surface area contributed by atoms with E-state index in [0.29, 0.717) is 0 Å². The van der Waals surface area contributed by atoms with Crippen molar-refractivity contribution in [2.75, 3.05) is 0 Å². The molecular formula is C20H28F2O. The van der Waals surface area contributed by atoms with Crippen LogP contribution < -0.4 is 0 Å². The lowest BCUT2D eigenvalue weighted by Gasteiger charge is -2.29. The number of Topliss-reactive ketones (excluding diaryl/α,β-unsaturated/α-hetero) is 1. The van der Waals surface area contributed by atoms with Gasteiger partial charge in [0, 0.05) is 6.42 Å². The Morgan fingerprint density at radius 3 is 2.17 bits per heavy atom. The lowest BCUT2D eigenvalue weighted by molar-refractivity contribution is 0.0980. The van der Waals surface area contributed by atoms with Crippen LogP contribution in [0.4, 0.5) is 8.78 Å². The highest BCUT2D eigenvalue weighted by Gasteiger charge is 2.25. The summed E-state index contributed by atoms with van der Waals surface area (Å²) in [6, 6.07) is 2.77. The van der Waals surface area contributed by atoms with Gasteiger partial charge in [-0.2, -0.15) is 0 Å². The quantitative estimate of drug-likeness (QED) is 0.418. The predicted molar refractivity (Wildman–Crippen MR) is 89.8 cm³/mol. The normalized spacial score (nSPS) is 21.4. The molecule has 0 amide bonds. The van der Waals surface area contributed by atoms with E-state index in [2.05, 4.69) is 6.92 Å². The van der Waals surface area contributed by atoms with E-state index in [4.69, 9.17) is 0 Å². The Hall–Kier alpha value is -1.25. The van der Waals surface area contributed by atoms with Crippen LogP contribution in [0.2, 0.25) is 0 Å². The molecule has 0 aliphatic heterocycles. The van der Waals surface area contributed by atoms with Crippen LogP contribution in [-0.4, -0.2) is 5.78 Å². The minimum absolute atomic E-state index is 0.121. The summed E-state index contributed by atoms with van der Waals surface area (Å²) in [5, 5.41) is 0. The van der Waals surface area contributed by atoms with Gasteiger partial charge in [-0.1, -0.05) is 39.5 Å². The number of ketones is 1. The molecule has 0 aromatic heterocycles. The maximum absolute atomic E-state index is 14.1. The van der Waals surface area contributed by atoms with Crippen molar-refractivity contribution in [2.45, 2.75) is 77.6 Å². The molecule has 23 heavy (non-hydrogen) atoms. The SMILES string of the molecule is CCCCC[C@H]1CC[C@H](c2cc(F)c(C(=O)CC)c(F)c2)CC1. The molecule has 0 bridgehead atoms. The molecular weight excluding hydrogens is 294 g/mol. The lowest BCUT2D eigenvalue weighted by atomic mass is 9.77. The first-order valence-electron chi connectivity index (χ1n) is 9.08. The highest BCUT2D eigenvalue weighted by atomic mass is 19.1. The zero-order chi connectivity index (χ0) is 16.8. The van der Waals surface area contributed by atoms with Crippen LogP contribution >= 0.6 is 0 Å². The van der Waals surface area contributed by atoms with Crippen LogP contribution in [0.3, 0.4) is 0 Å². The molecule has 0 heterocycles. The molecule has 0 saturated heterocycles. The number of benzene rings is 1. The fourth-order valence-electron chi connectivity index (χ4n) is 3.74. The average Bonchev–Trinajstić information content (AvgIpc) is 2.54. The monoisotopic (exact) mass is 322 g/mol. The molecule has 128 valence electrons. The number of halogens is 2. The Labute approximate surface area is 138 Å². The van der Waals surface area contributed by atoms with Gasteiger partial charge in [-0.15, -0.1) is 0 Å². The van der Waals surface area contributed by atoms with Crippen LogP contribution in [0, 0.1) is 17.6 Å². The van der Waals surface area contributed by atoms with Crippen molar-refractivity contribution >= 4 is 5.78 Å². The summed E-state index contributed by atoms with van der Waals surface area (Å²) in [6.07, 6.45) is 9.53. The molecule has 1 aromatic carbocycles. The third-order valence-electron chi connectivity index (χ3n) is 5.20. The third kappa shape index (κ3) is 4.62. The number of rotatable bonds is 7. The molecule has 1 aromatic rings. The zero-order valence-corrected chi connectivity index (χ0v) is 14.3. The lowest BCUT2D eigenvalue weighted by Crippen LogP contribution is -2.15. The first-order chi connectivity index (χ1) is 11.1. The highest BCUT2D eigenvalue weighted by Crippen LogP contribution is 2.38. The van der Waals surface area contributed by atoms with Crippen molar-refractivity contribution in [2.24, 2.45) is 5.92 Å². The zero-order valence-electron chi connectivity index (χ0n) is 14.3. The Morgan fingerprint density at radius 2 is 1.65 bits per heavy atom. The maximum atomic E-state index is 14.1. The molecule has 0 N–H and O–H groups in total. The minimum atomic E-state index is -0.697. The maximum Gasteiger partial charge on any atom is 0.168 e. The molecule has 1 nitrogen and oxygen atoms in total. The number of carbonyl (C=O) groups is 1. The highest BCUT2D eigenvalue weighted by molar-refractivity contribution is 5.96. The van der Waals surface area contributed by atoms with E-state index in [-0.39, 0.29) is 17.9 Å². The van der Waals surface area contributed by atoms with Crippen molar-refractivity contribution in [3.8, 4) is 0 Å². The molecule has 0 radical (unpaired) electrons. The fraction of sp³-hybridized carbons (Fsp3) is 0.650.